The largest absolute Gasteiger partial charge is 0.468 e. The number of methoxy groups -OCH3 is 1. The van der Waals surface area contributed by atoms with E-state index in [-0.39, 0.29) is 12.0 Å². The summed E-state index contributed by atoms with van der Waals surface area (Å²) in [6, 6.07) is 7.76. The molecule has 17 heavy (non-hydrogen) atoms. The summed E-state index contributed by atoms with van der Waals surface area (Å²) in [7, 11) is 1.43. The van der Waals surface area contributed by atoms with Crippen LogP contribution in [0.3, 0.4) is 0 Å². The van der Waals surface area contributed by atoms with Crippen molar-refractivity contribution in [3.8, 4) is 0 Å². The minimum atomic E-state index is -0.167. The molecule has 0 spiro atoms. The first-order chi connectivity index (χ1) is 8.20. The Kier molecular flexibility index (Phi) is 4.02. The van der Waals surface area contributed by atoms with Gasteiger partial charge in [0.2, 0.25) is 0 Å². The van der Waals surface area contributed by atoms with E-state index >= 15 is 0 Å². The fraction of sp³-hybridized carbons (Fsp3) is 0.462. The molecule has 0 saturated carbocycles. The minimum Gasteiger partial charge on any atom is -0.468 e. The zero-order chi connectivity index (χ0) is 12.3. The monoisotopic (exact) mass is 253 g/mol. The molecule has 3 nitrogen and oxygen atoms in total. The van der Waals surface area contributed by atoms with Gasteiger partial charge in [0.25, 0.3) is 0 Å². The molecule has 2 atom stereocenters. The molecule has 1 aliphatic rings. The summed E-state index contributed by atoms with van der Waals surface area (Å²) < 4.78 is 4.73. The van der Waals surface area contributed by atoms with Gasteiger partial charge in [-0.05, 0) is 36.5 Å². The molecule has 1 saturated heterocycles. The summed E-state index contributed by atoms with van der Waals surface area (Å²) in [6.45, 7) is 0.807. The van der Waals surface area contributed by atoms with Gasteiger partial charge in [-0.15, -0.1) is 0 Å². The average molecular weight is 254 g/mol. The van der Waals surface area contributed by atoms with Crippen molar-refractivity contribution in [2.75, 3.05) is 13.7 Å². The molecule has 0 bridgehead atoms. The third-order valence-electron chi connectivity index (χ3n) is 3.24. The molecule has 1 aliphatic heterocycles. The van der Waals surface area contributed by atoms with Crippen LogP contribution in [0.1, 0.15) is 24.3 Å². The zero-order valence-electron chi connectivity index (χ0n) is 9.78. The standard InChI is InChI=1S/C13H16ClNO2/c1-17-13(16)12-7-4-10(8-15-12)9-2-5-11(14)6-3-9/h2-3,5-6,10,12,15H,4,7-8H2,1H3/t10-,12+/m0/s1. The Hall–Kier alpha value is -1.06. The predicted molar refractivity (Wildman–Crippen MR) is 67.2 cm³/mol. The van der Waals surface area contributed by atoms with Crippen LogP contribution in [0.15, 0.2) is 24.3 Å². The lowest BCUT2D eigenvalue weighted by Crippen LogP contribution is -2.43. The van der Waals surface area contributed by atoms with Gasteiger partial charge < -0.3 is 10.1 Å². The average Bonchev–Trinajstić information content (AvgIpc) is 2.39. The smallest absolute Gasteiger partial charge is 0.322 e. The summed E-state index contributed by atoms with van der Waals surface area (Å²) in [4.78, 5) is 11.4. The highest BCUT2D eigenvalue weighted by Crippen LogP contribution is 2.26. The molecule has 1 fully saturated rings. The van der Waals surface area contributed by atoms with Gasteiger partial charge >= 0.3 is 5.97 Å². The lowest BCUT2D eigenvalue weighted by molar-refractivity contribution is -0.143. The van der Waals surface area contributed by atoms with E-state index in [1.165, 1.54) is 12.7 Å². The number of hydrogen-bond acceptors (Lipinski definition) is 3. The maximum Gasteiger partial charge on any atom is 0.322 e. The van der Waals surface area contributed by atoms with Crippen LogP contribution in [0.4, 0.5) is 0 Å². The number of esters is 1. The quantitative estimate of drug-likeness (QED) is 0.823. The van der Waals surface area contributed by atoms with Gasteiger partial charge in [0, 0.05) is 11.6 Å². The fourth-order valence-corrected chi connectivity index (χ4v) is 2.35. The Bertz CT molecular complexity index is 383. The number of nitrogens with one attached hydrogen (secondary N) is 1. The molecule has 92 valence electrons. The van der Waals surface area contributed by atoms with Crippen LogP contribution in [0, 0.1) is 0 Å². The van der Waals surface area contributed by atoms with E-state index in [4.69, 9.17) is 16.3 Å². The number of halogens is 1. The molecule has 4 heteroatoms. The van der Waals surface area contributed by atoms with Gasteiger partial charge in [-0.25, -0.2) is 0 Å². The fourth-order valence-electron chi connectivity index (χ4n) is 2.22. The van der Waals surface area contributed by atoms with E-state index in [1.807, 2.05) is 24.3 Å². The third kappa shape index (κ3) is 2.99. The highest BCUT2D eigenvalue weighted by molar-refractivity contribution is 6.30. The van der Waals surface area contributed by atoms with Gasteiger partial charge in [0.1, 0.15) is 6.04 Å². The van der Waals surface area contributed by atoms with Crippen molar-refractivity contribution in [1.29, 1.82) is 0 Å². The van der Waals surface area contributed by atoms with E-state index in [2.05, 4.69) is 5.32 Å². The molecule has 1 aromatic carbocycles. The van der Waals surface area contributed by atoms with Crippen molar-refractivity contribution in [1.82, 2.24) is 5.32 Å². The Morgan fingerprint density at radius 1 is 1.35 bits per heavy atom. The van der Waals surface area contributed by atoms with E-state index in [0.29, 0.717) is 5.92 Å². The van der Waals surface area contributed by atoms with Crippen LogP contribution in [0.2, 0.25) is 5.02 Å². The van der Waals surface area contributed by atoms with Crippen LogP contribution < -0.4 is 5.32 Å². The topological polar surface area (TPSA) is 38.3 Å². The zero-order valence-corrected chi connectivity index (χ0v) is 10.5. The molecular formula is C13H16ClNO2. The SMILES string of the molecule is COC(=O)[C@H]1CC[C@H](c2ccc(Cl)cc2)CN1. The second-order valence-corrected chi connectivity index (χ2v) is 4.75. The molecule has 2 rings (SSSR count). The molecule has 1 aromatic rings. The number of carbonyl (C=O) groups excluding carboxylic acids is 1. The van der Waals surface area contributed by atoms with E-state index in [9.17, 15) is 4.79 Å². The molecule has 0 radical (unpaired) electrons. The van der Waals surface area contributed by atoms with Crippen LogP contribution >= 0.6 is 11.6 Å². The van der Waals surface area contributed by atoms with Crippen molar-refractivity contribution < 1.29 is 9.53 Å². The van der Waals surface area contributed by atoms with Crippen molar-refractivity contribution in [3.63, 3.8) is 0 Å². The predicted octanol–water partition coefficient (Wildman–Crippen LogP) is 2.35. The molecular weight excluding hydrogens is 238 g/mol. The van der Waals surface area contributed by atoms with Crippen LogP contribution in [0.5, 0.6) is 0 Å². The first kappa shape index (κ1) is 12.4. The highest BCUT2D eigenvalue weighted by atomic mass is 35.5. The van der Waals surface area contributed by atoms with Crippen molar-refractivity contribution in [3.05, 3.63) is 34.9 Å². The summed E-state index contributed by atoms with van der Waals surface area (Å²) in [6.07, 6.45) is 1.81. The number of rotatable bonds is 2. The van der Waals surface area contributed by atoms with E-state index < -0.39 is 0 Å². The lowest BCUT2D eigenvalue weighted by Gasteiger charge is -2.28. The second-order valence-electron chi connectivity index (χ2n) is 4.31. The Labute approximate surface area is 106 Å². The Morgan fingerprint density at radius 2 is 2.06 bits per heavy atom. The first-order valence-electron chi connectivity index (χ1n) is 5.77. The van der Waals surface area contributed by atoms with Crippen molar-refractivity contribution >= 4 is 17.6 Å². The number of piperidine rings is 1. The molecule has 0 aliphatic carbocycles. The summed E-state index contributed by atoms with van der Waals surface area (Å²) in [5.74, 6) is 0.285. The van der Waals surface area contributed by atoms with Gasteiger partial charge in [-0.3, -0.25) is 4.79 Å². The number of ether oxygens (including phenoxy) is 1. The summed E-state index contributed by atoms with van der Waals surface area (Å²) in [5.41, 5.74) is 1.27. The Balaban J connectivity index is 1.95. The molecule has 1 N–H and O–H groups in total. The Morgan fingerprint density at radius 3 is 2.59 bits per heavy atom. The maximum absolute atomic E-state index is 11.4. The van der Waals surface area contributed by atoms with Gasteiger partial charge in [-0.2, -0.15) is 0 Å². The van der Waals surface area contributed by atoms with Gasteiger partial charge in [0.15, 0.2) is 0 Å². The molecule has 0 unspecified atom stereocenters. The lowest BCUT2D eigenvalue weighted by atomic mass is 9.89. The van der Waals surface area contributed by atoms with Crippen LogP contribution in [-0.2, 0) is 9.53 Å². The van der Waals surface area contributed by atoms with Crippen molar-refractivity contribution in [2.24, 2.45) is 0 Å². The molecule has 0 amide bonds. The second kappa shape index (κ2) is 5.52. The van der Waals surface area contributed by atoms with Crippen molar-refractivity contribution in [2.45, 2.75) is 24.8 Å². The number of carbonyl (C=O) groups is 1. The van der Waals surface area contributed by atoms with Gasteiger partial charge in [-0.1, -0.05) is 23.7 Å². The van der Waals surface area contributed by atoms with Crippen LogP contribution in [-0.4, -0.2) is 25.7 Å². The van der Waals surface area contributed by atoms with E-state index in [1.54, 1.807) is 0 Å². The molecule has 0 aromatic heterocycles. The highest BCUT2D eigenvalue weighted by Gasteiger charge is 2.26. The number of hydrogen-bond donors (Lipinski definition) is 1. The minimum absolute atomic E-state index is 0.149. The normalized spacial score (nSPS) is 24.4. The van der Waals surface area contributed by atoms with E-state index in [0.717, 1.165) is 24.4 Å². The van der Waals surface area contributed by atoms with Crippen LogP contribution in [0.25, 0.3) is 0 Å². The first-order valence-corrected chi connectivity index (χ1v) is 6.15. The third-order valence-corrected chi connectivity index (χ3v) is 3.49. The number of benzene rings is 1. The summed E-state index contributed by atoms with van der Waals surface area (Å²) >= 11 is 5.86. The van der Waals surface area contributed by atoms with Gasteiger partial charge in [0.05, 0.1) is 7.11 Å². The maximum atomic E-state index is 11.4. The molecule has 1 heterocycles. The summed E-state index contributed by atoms with van der Waals surface area (Å²) in [5, 5.41) is 3.98.